The number of aromatic nitrogens is 4. The molecule has 0 spiro atoms. The van der Waals surface area contributed by atoms with Gasteiger partial charge in [-0.3, -0.25) is 4.79 Å². The predicted molar refractivity (Wildman–Crippen MR) is 79.1 cm³/mol. The first kappa shape index (κ1) is 13.9. The molecular weight excluding hydrogens is 266 g/mol. The maximum Gasteiger partial charge on any atom is 0.256 e. The summed E-state index contributed by atoms with van der Waals surface area (Å²) in [6, 6.07) is 2.03. The number of aromatic amines is 1. The monoisotopic (exact) mass is 287 g/mol. The van der Waals surface area contributed by atoms with Crippen molar-refractivity contribution in [3.8, 4) is 0 Å². The summed E-state index contributed by atoms with van der Waals surface area (Å²) in [6.07, 6.45) is 1.80. The van der Waals surface area contributed by atoms with Crippen LogP contribution in [0.1, 0.15) is 60.4 Å². The fraction of sp³-hybridized carbons (Fsp3) is 0.533. The second-order valence-corrected chi connectivity index (χ2v) is 6.05. The number of hydrogen-bond donors (Lipinski definition) is 1. The van der Waals surface area contributed by atoms with Gasteiger partial charge in [0.25, 0.3) is 5.91 Å². The highest BCUT2D eigenvalue weighted by atomic mass is 16.2. The topological polar surface area (TPSA) is 66.8 Å². The van der Waals surface area contributed by atoms with E-state index in [1.807, 2.05) is 17.9 Å². The van der Waals surface area contributed by atoms with Crippen molar-refractivity contribution in [1.82, 2.24) is 24.6 Å². The summed E-state index contributed by atoms with van der Waals surface area (Å²) in [7, 11) is 0. The molecule has 0 saturated heterocycles. The number of carbonyl (C=O) groups excluding carboxylic acids is 1. The van der Waals surface area contributed by atoms with E-state index in [4.69, 9.17) is 0 Å². The molecule has 1 aliphatic heterocycles. The van der Waals surface area contributed by atoms with Gasteiger partial charge in [0, 0.05) is 24.4 Å². The average Bonchev–Trinajstić information content (AvgIpc) is 3.04. The lowest BCUT2D eigenvalue weighted by Crippen LogP contribution is -2.41. The molecule has 6 heteroatoms. The molecule has 0 saturated carbocycles. The van der Waals surface area contributed by atoms with Crippen molar-refractivity contribution in [2.24, 2.45) is 0 Å². The highest BCUT2D eigenvalue weighted by molar-refractivity contribution is 5.95. The summed E-state index contributed by atoms with van der Waals surface area (Å²) in [5.74, 6) is 2.27. The average molecular weight is 287 g/mol. The van der Waals surface area contributed by atoms with Crippen LogP contribution in [0.15, 0.2) is 12.3 Å². The van der Waals surface area contributed by atoms with Gasteiger partial charge < -0.3 is 14.5 Å². The standard InChI is InChI=1S/C15H21N5O/c1-9(2)14-18-17-13-8-19(7-10(3)20(13)14)15(21)12-5-6-16-11(12)4/h5-6,9-10,16H,7-8H2,1-4H3/t10-/m0/s1. The first-order valence-corrected chi connectivity index (χ1v) is 7.36. The van der Waals surface area contributed by atoms with E-state index in [1.165, 1.54) is 0 Å². The summed E-state index contributed by atoms with van der Waals surface area (Å²) in [6.45, 7) is 9.47. The van der Waals surface area contributed by atoms with E-state index >= 15 is 0 Å². The molecule has 0 bridgehead atoms. The Morgan fingerprint density at radius 2 is 2.19 bits per heavy atom. The Hall–Kier alpha value is -2.11. The van der Waals surface area contributed by atoms with Gasteiger partial charge in [-0.1, -0.05) is 13.8 Å². The van der Waals surface area contributed by atoms with Gasteiger partial charge in [0.05, 0.1) is 18.2 Å². The van der Waals surface area contributed by atoms with Crippen LogP contribution in [0.3, 0.4) is 0 Å². The van der Waals surface area contributed by atoms with E-state index < -0.39 is 0 Å². The Morgan fingerprint density at radius 3 is 2.81 bits per heavy atom. The molecule has 2 aromatic rings. The largest absolute Gasteiger partial charge is 0.365 e. The van der Waals surface area contributed by atoms with Crippen LogP contribution in [0.5, 0.6) is 0 Å². The molecule has 2 aromatic heterocycles. The fourth-order valence-corrected chi connectivity index (χ4v) is 2.96. The van der Waals surface area contributed by atoms with E-state index in [0.717, 1.165) is 22.9 Å². The van der Waals surface area contributed by atoms with Gasteiger partial charge >= 0.3 is 0 Å². The van der Waals surface area contributed by atoms with Crippen LogP contribution in [-0.2, 0) is 6.54 Å². The number of aryl methyl sites for hydroxylation is 1. The summed E-state index contributed by atoms with van der Waals surface area (Å²) < 4.78 is 2.18. The SMILES string of the molecule is Cc1[nH]ccc1C(=O)N1Cc2nnc(C(C)C)n2[C@@H](C)C1. The summed E-state index contributed by atoms with van der Waals surface area (Å²) in [4.78, 5) is 17.5. The number of H-pyrrole nitrogens is 1. The number of hydrogen-bond acceptors (Lipinski definition) is 3. The zero-order valence-electron chi connectivity index (χ0n) is 12.9. The molecule has 3 rings (SSSR count). The van der Waals surface area contributed by atoms with Gasteiger partial charge in [-0.15, -0.1) is 10.2 Å². The maximum atomic E-state index is 12.6. The summed E-state index contributed by atoms with van der Waals surface area (Å²) >= 11 is 0. The molecule has 3 heterocycles. The Bertz CT molecular complexity index is 669. The van der Waals surface area contributed by atoms with Crippen LogP contribution in [0.25, 0.3) is 0 Å². The minimum Gasteiger partial charge on any atom is -0.365 e. The normalized spacial score (nSPS) is 18.1. The number of amides is 1. The van der Waals surface area contributed by atoms with E-state index in [1.54, 1.807) is 6.20 Å². The van der Waals surface area contributed by atoms with Crippen LogP contribution in [-0.4, -0.2) is 37.1 Å². The third-order valence-corrected chi connectivity index (χ3v) is 4.04. The van der Waals surface area contributed by atoms with Gasteiger partial charge in [0.15, 0.2) is 5.82 Å². The molecule has 0 aliphatic carbocycles. The Labute approximate surface area is 124 Å². The second kappa shape index (κ2) is 5.02. The van der Waals surface area contributed by atoms with Crippen molar-refractivity contribution in [2.45, 2.75) is 46.2 Å². The number of carbonyl (C=O) groups is 1. The first-order chi connectivity index (χ1) is 9.99. The smallest absolute Gasteiger partial charge is 0.256 e. The Morgan fingerprint density at radius 1 is 1.43 bits per heavy atom. The van der Waals surface area contributed by atoms with Gasteiger partial charge in [0.1, 0.15) is 5.82 Å². The van der Waals surface area contributed by atoms with Crippen molar-refractivity contribution < 1.29 is 4.79 Å². The Balaban J connectivity index is 1.89. The molecule has 0 unspecified atom stereocenters. The van der Waals surface area contributed by atoms with Crippen molar-refractivity contribution >= 4 is 5.91 Å². The lowest BCUT2D eigenvalue weighted by molar-refractivity contribution is 0.0678. The number of nitrogens with one attached hydrogen (secondary N) is 1. The van der Waals surface area contributed by atoms with Crippen LogP contribution in [0.4, 0.5) is 0 Å². The lowest BCUT2D eigenvalue weighted by Gasteiger charge is -2.33. The van der Waals surface area contributed by atoms with Gasteiger partial charge in [-0.05, 0) is 19.9 Å². The van der Waals surface area contributed by atoms with Crippen LogP contribution in [0.2, 0.25) is 0 Å². The molecule has 0 fully saturated rings. The predicted octanol–water partition coefficient (Wildman–Crippen LogP) is 2.26. The highest BCUT2D eigenvalue weighted by Crippen LogP contribution is 2.26. The minimum absolute atomic E-state index is 0.0564. The van der Waals surface area contributed by atoms with Crippen molar-refractivity contribution in [2.75, 3.05) is 6.54 Å². The molecule has 1 atom stereocenters. The van der Waals surface area contributed by atoms with Crippen molar-refractivity contribution in [1.29, 1.82) is 0 Å². The van der Waals surface area contributed by atoms with Gasteiger partial charge in [0.2, 0.25) is 0 Å². The Kier molecular flexibility index (Phi) is 3.31. The van der Waals surface area contributed by atoms with E-state index in [2.05, 4.69) is 40.5 Å². The molecular formula is C15H21N5O. The second-order valence-electron chi connectivity index (χ2n) is 6.05. The maximum absolute atomic E-state index is 12.6. The van der Waals surface area contributed by atoms with Crippen molar-refractivity contribution in [3.63, 3.8) is 0 Å². The molecule has 1 N–H and O–H groups in total. The van der Waals surface area contributed by atoms with E-state index in [9.17, 15) is 4.79 Å². The molecule has 21 heavy (non-hydrogen) atoms. The molecule has 112 valence electrons. The third kappa shape index (κ3) is 2.24. The van der Waals surface area contributed by atoms with Gasteiger partial charge in [-0.2, -0.15) is 0 Å². The van der Waals surface area contributed by atoms with Crippen molar-refractivity contribution in [3.05, 3.63) is 35.2 Å². The number of nitrogens with zero attached hydrogens (tertiary/aromatic N) is 4. The number of rotatable bonds is 2. The summed E-state index contributed by atoms with van der Waals surface area (Å²) in [5.41, 5.74) is 1.64. The van der Waals surface area contributed by atoms with E-state index in [0.29, 0.717) is 19.0 Å². The van der Waals surface area contributed by atoms with Crippen LogP contribution in [0, 0.1) is 6.92 Å². The highest BCUT2D eigenvalue weighted by Gasteiger charge is 2.30. The first-order valence-electron chi connectivity index (χ1n) is 7.36. The summed E-state index contributed by atoms with van der Waals surface area (Å²) in [5, 5.41) is 8.57. The molecule has 1 amide bonds. The fourth-order valence-electron chi connectivity index (χ4n) is 2.96. The quantitative estimate of drug-likeness (QED) is 0.921. The van der Waals surface area contributed by atoms with Crippen LogP contribution >= 0.6 is 0 Å². The van der Waals surface area contributed by atoms with E-state index in [-0.39, 0.29) is 11.9 Å². The zero-order chi connectivity index (χ0) is 15.1. The molecule has 0 radical (unpaired) electrons. The minimum atomic E-state index is 0.0564. The van der Waals surface area contributed by atoms with Gasteiger partial charge in [-0.25, -0.2) is 0 Å². The molecule has 6 nitrogen and oxygen atoms in total. The third-order valence-electron chi connectivity index (χ3n) is 4.04. The lowest BCUT2D eigenvalue weighted by atomic mass is 10.1. The zero-order valence-corrected chi connectivity index (χ0v) is 12.9. The number of fused-ring (bicyclic) bond motifs is 1. The van der Waals surface area contributed by atoms with Crippen LogP contribution < -0.4 is 0 Å². The molecule has 0 aromatic carbocycles. The molecule has 1 aliphatic rings.